The van der Waals surface area contributed by atoms with Crippen molar-refractivity contribution in [1.29, 1.82) is 0 Å². The molecule has 0 atom stereocenters. The highest BCUT2D eigenvalue weighted by Gasteiger charge is 2.16. The number of non-ortho nitro benzene ring substituents is 1. The Hall–Kier alpha value is -3.52. The molecule has 3 aromatic carbocycles. The van der Waals surface area contributed by atoms with Gasteiger partial charge in [-0.2, -0.15) is 0 Å². The number of para-hydroxylation sites is 2. The number of hydrogen-bond donors (Lipinski definition) is 0. The maximum absolute atomic E-state index is 12.3. The number of hydrogen-bond acceptors (Lipinski definition) is 6. The Bertz CT molecular complexity index is 1030. The summed E-state index contributed by atoms with van der Waals surface area (Å²) in [6.45, 7) is 0. The maximum Gasteiger partial charge on any atom is 0.343 e. The maximum atomic E-state index is 12.3. The lowest BCUT2D eigenvalue weighted by molar-refractivity contribution is -0.384. The minimum Gasteiger partial charge on any atom is -0.419 e. The predicted molar refractivity (Wildman–Crippen MR) is 104 cm³/mol. The van der Waals surface area contributed by atoms with E-state index in [9.17, 15) is 19.7 Å². The molecule has 3 rings (SSSR count). The Morgan fingerprint density at radius 1 is 0.750 bits per heavy atom. The molecule has 0 heterocycles. The molecule has 0 saturated carbocycles. The first kappa shape index (κ1) is 19.2. The number of halogens is 1. The van der Waals surface area contributed by atoms with E-state index in [0.717, 1.165) is 4.47 Å². The van der Waals surface area contributed by atoms with Gasteiger partial charge in [-0.1, -0.05) is 28.1 Å². The summed E-state index contributed by atoms with van der Waals surface area (Å²) in [4.78, 5) is 34.7. The summed E-state index contributed by atoms with van der Waals surface area (Å²) in [5, 5.41) is 10.7. The van der Waals surface area contributed by atoms with E-state index in [1.165, 1.54) is 36.4 Å². The molecule has 0 aliphatic heterocycles. The lowest BCUT2D eigenvalue weighted by atomic mass is 10.2. The second kappa shape index (κ2) is 8.45. The number of esters is 2. The quantitative estimate of drug-likeness (QED) is 0.244. The first-order valence-corrected chi connectivity index (χ1v) is 8.77. The fraction of sp³-hybridized carbons (Fsp3) is 0. The van der Waals surface area contributed by atoms with Crippen LogP contribution in [0.25, 0.3) is 0 Å². The first-order chi connectivity index (χ1) is 13.4. The van der Waals surface area contributed by atoms with Crippen LogP contribution in [0.4, 0.5) is 5.69 Å². The molecular weight excluding hydrogens is 430 g/mol. The summed E-state index contributed by atoms with van der Waals surface area (Å²) in [5.74, 6) is -1.21. The Balaban J connectivity index is 1.76. The monoisotopic (exact) mass is 441 g/mol. The molecule has 28 heavy (non-hydrogen) atoms. The van der Waals surface area contributed by atoms with Gasteiger partial charge in [0.25, 0.3) is 5.69 Å². The van der Waals surface area contributed by atoms with Gasteiger partial charge in [-0.3, -0.25) is 10.1 Å². The van der Waals surface area contributed by atoms with Crippen molar-refractivity contribution in [3.05, 3.63) is 98.5 Å². The molecule has 140 valence electrons. The minimum atomic E-state index is -0.734. The van der Waals surface area contributed by atoms with Gasteiger partial charge in [-0.15, -0.1) is 0 Å². The van der Waals surface area contributed by atoms with Crippen molar-refractivity contribution >= 4 is 33.6 Å². The second-order valence-corrected chi connectivity index (χ2v) is 6.45. The van der Waals surface area contributed by atoms with Crippen molar-refractivity contribution in [1.82, 2.24) is 0 Å². The molecule has 0 spiro atoms. The summed E-state index contributed by atoms with van der Waals surface area (Å²) >= 11 is 3.29. The Kier molecular flexibility index (Phi) is 5.81. The summed E-state index contributed by atoms with van der Waals surface area (Å²) in [7, 11) is 0. The molecule has 0 aliphatic carbocycles. The predicted octanol–water partition coefficient (Wildman–Crippen LogP) is 4.80. The van der Waals surface area contributed by atoms with Gasteiger partial charge in [0, 0.05) is 16.6 Å². The van der Waals surface area contributed by atoms with E-state index < -0.39 is 16.9 Å². The van der Waals surface area contributed by atoms with Crippen LogP contribution in [-0.2, 0) is 0 Å². The van der Waals surface area contributed by atoms with E-state index in [4.69, 9.17) is 9.47 Å². The van der Waals surface area contributed by atoms with Gasteiger partial charge in [-0.25, -0.2) is 9.59 Å². The number of ether oxygens (including phenoxy) is 2. The zero-order chi connectivity index (χ0) is 20.1. The highest BCUT2D eigenvalue weighted by molar-refractivity contribution is 9.10. The lowest BCUT2D eigenvalue weighted by Gasteiger charge is -2.10. The van der Waals surface area contributed by atoms with Gasteiger partial charge in [-0.05, 0) is 48.5 Å². The molecule has 7 nitrogen and oxygen atoms in total. The number of nitrogens with zero attached hydrogens (tertiary/aromatic N) is 1. The molecule has 8 heteroatoms. The molecule has 0 bridgehead atoms. The molecule has 0 aromatic heterocycles. The van der Waals surface area contributed by atoms with Crippen LogP contribution in [0.3, 0.4) is 0 Å². The molecule has 0 N–H and O–H groups in total. The second-order valence-electron chi connectivity index (χ2n) is 5.54. The Morgan fingerprint density at radius 2 is 1.18 bits per heavy atom. The molecule has 0 saturated heterocycles. The number of carbonyl (C=O) groups excluding carboxylic acids is 2. The van der Waals surface area contributed by atoms with Gasteiger partial charge in [0.05, 0.1) is 16.1 Å². The summed E-state index contributed by atoms with van der Waals surface area (Å²) in [6, 6.07) is 17.8. The van der Waals surface area contributed by atoms with E-state index in [1.54, 1.807) is 36.4 Å². The van der Waals surface area contributed by atoms with E-state index >= 15 is 0 Å². The molecular formula is C20H12BrNO6. The van der Waals surface area contributed by atoms with Crippen molar-refractivity contribution in [3.8, 4) is 11.5 Å². The molecule has 0 fully saturated rings. The minimum absolute atomic E-state index is 0.0521. The van der Waals surface area contributed by atoms with Crippen molar-refractivity contribution in [3.63, 3.8) is 0 Å². The van der Waals surface area contributed by atoms with Crippen LogP contribution >= 0.6 is 15.9 Å². The van der Waals surface area contributed by atoms with Crippen molar-refractivity contribution in [2.24, 2.45) is 0 Å². The standard InChI is InChI=1S/C20H12BrNO6/c21-15-9-5-13(6-10-15)19(23)27-17-3-1-2-4-18(17)28-20(24)14-7-11-16(12-8-14)22(25)26/h1-12H. The summed E-state index contributed by atoms with van der Waals surface area (Å²) in [5.41, 5.74) is 0.319. The molecule has 0 aliphatic rings. The zero-order valence-corrected chi connectivity index (χ0v) is 15.8. The van der Waals surface area contributed by atoms with Gasteiger partial charge in [0.15, 0.2) is 11.5 Å². The van der Waals surface area contributed by atoms with Crippen LogP contribution in [0.1, 0.15) is 20.7 Å². The fourth-order valence-corrected chi connectivity index (χ4v) is 2.51. The fourth-order valence-electron chi connectivity index (χ4n) is 2.24. The number of nitro benzene ring substituents is 1. The molecule has 3 aromatic rings. The van der Waals surface area contributed by atoms with E-state index in [0.29, 0.717) is 5.56 Å². The average Bonchev–Trinajstić information content (AvgIpc) is 2.70. The first-order valence-electron chi connectivity index (χ1n) is 7.97. The lowest BCUT2D eigenvalue weighted by Crippen LogP contribution is -2.12. The number of benzene rings is 3. The van der Waals surface area contributed by atoms with Crippen LogP contribution in [0.5, 0.6) is 11.5 Å². The van der Waals surface area contributed by atoms with Crippen LogP contribution in [0, 0.1) is 10.1 Å². The Labute approximate surface area is 167 Å². The van der Waals surface area contributed by atoms with Crippen LogP contribution in [0.2, 0.25) is 0 Å². The summed E-state index contributed by atoms with van der Waals surface area (Å²) in [6.07, 6.45) is 0. The molecule has 0 amide bonds. The van der Waals surface area contributed by atoms with Crippen molar-refractivity contribution < 1.29 is 24.0 Å². The molecule has 0 radical (unpaired) electrons. The largest absolute Gasteiger partial charge is 0.419 e. The van der Waals surface area contributed by atoms with Gasteiger partial charge in [0.1, 0.15) is 0 Å². The van der Waals surface area contributed by atoms with Crippen LogP contribution in [-0.4, -0.2) is 16.9 Å². The highest BCUT2D eigenvalue weighted by atomic mass is 79.9. The number of rotatable bonds is 5. The third-order valence-corrected chi connectivity index (χ3v) is 4.18. The third-order valence-electron chi connectivity index (χ3n) is 3.65. The van der Waals surface area contributed by atoms with Crippen LogP contribution in [0.15, 0.2) is 77.3 Å². The average molecular weight is 442 g/mol. The van der Waals surface area contributed by atoms with Crippen molar-refractivity contribution in [2.75, 3.05) is 0 Å². The van der Waals surface area contributed by atoms with Gasteiger partial charge in [0.2, 0.25) is 0 Å². The number of nitro groups is 1. The van der Waals surface area contributed by atoms with E-state index in [-0.39, 0.29) is 22.7 Å². The zero-order valence-electron chi connectivity index (χ0n) is 14.2. The number of carbonyl (C=O) groups is 2. The van der Waals surface area contributed by atoms with Gasteiger partial charge >= 0.3 is 11.9 Å². The highest BCUT2D eigenvalue weighted by Crippen LogP contribution is 2.28. The smallest absolute Gasteiger partial charge is 0.343 e. The molecule has 0 unspecified atom stereocenters. The van der Waals surface area contributed by atoms with Crippen molar-refractivity contribution in [2.45, 2.75) is 0 Å². The topological polar surface area (TPSA) is 95.7 Å². The summed E-state index contributed by atoms with van der Waals surface area (Å²) < 4.78 is 11.5. The van der Waals surface area contributed by atoms with Gasteiger partial charge < -0.3 is 9.47 Å². The van der Waals surface area contributed by atoms with Crippen LogP contribution < -0.4 is 9.47 Å². The van der Waals surface area contributed by atoms with E-state index in [1.807, 2.05) is 0 Å². The SMILES string of the molecule is O=C(Oc1ccccc1OC(=O)c1ccc([N+](=O)[O-])cc1)c1ccc(Br)cc1. The third kappa shape index (κ3) is 4.60. The Morgan fingerprint density at radius 3 is 1.61 bits per heavy atom. The normalized spacial score (nSPS) is 10.2. The van der Waals surface area contributed by atoms with E-state index in [2.05, 4.69) is 15.9 Å².